The van der Waals surface area contributed by atoms with Crippen molar-refractivity contribution in [3.8, 4) is 0 Å². The molecule has 2 aromatic heterocycles. The van der Waals surface area contributed by atoms with Gasteiger partial charge >= 0.3 is 0 Å². The summed E-state index contributed by atoms with van der Waals surface area (Å²) in [6.07, 6.45) is 1.81. The summed E-state index contributed by atoms with van der Waals surface area (Å²) in [6, 6.07) is 2.34. The highest BCUT2D eigenvalue weighted by Crippen LogP contribution is 2.53. The molecule has 0 bridgehead atoms. The molecule has 0 spiro atoms. The zero-order valence-corrected chi connectivity index (χ0v) is 13.7. The first kappa shape index (κ1) is 14.2. The zero-order valence-electron chi connectivity index (χ0n) is 12.2. The molecule has 1 aliphatic carbocycles. The van der Waals surface area contributed by atoms with E-state index in [0.717, 1.165) is 41.0 Å². The standard InChI is InChI=1S/C15H15ClN4OS/c1-9-8-21-6-5-20(9)11-7-10(15(17-2)3-4-15)13-12(18-11)14(16)19-22-13/h7,9H,3-6,8H2,1H3/t9-/m1/s1. The molecule has 22 heavy (non-hydrogen) atoms. The third-order valence-corrected chi connectivity index (χ3v) is 5.71. The fourth-order valence-corrected chi connectivity index (χ4v) is 4.13. The Kier molecular flexibility index (Phi) is 3.26. The van der Waals surface area contributed by atoms with Crippen LogP contribution in [0, 0.1) is 6.57 Å². The molecule has 1 aliphatic heterocycles. The highest BCUT2D eigenvalue weighted by Gasteiger charge is 2.54. The highest BCUT2D eigenvalue weighted by molar-refractivity contribution is 7.14. The maximum Gasteiger partial charge on any atom is 0.259 e. The van der Waals surface area contributed by atoms with Crippen molar-refractivity contribution >= 4 is 39.2 Å². The van der Waals surface area contributed by atoms with Crippen LogP contribution in [0.5, 0.6) is 0 Å². The number of fused-ring (bicyclic) bond motifs is 1. The van der Waals surface area contributed by atoms with Crippen LogP contribution in [0.25, 0.3) is 15.1 Å². The first-order chi connectivity index (χ1) is 10.6. The van der Waals surface area contributed by atoms with Gasteiger partial charge in [-0.25, -0.2) is 11.6 Å². The number of aromatic nitrogens is 2. The Morgan fingerprint density at radius 1 is 1.55 bits per heavy atom. The van der Waals surface area contributed by atoms with Crippen molar-refractivity contribution in [2.45, 2.75) is 31.3 Å². The van der Waals surface area contributed by atoms with Crippen LogP contribution in [0.1, 0.15) is 25.3 Å². The molecule has 2 aliphatic rings. The molecule has 0 unspecified atom stereocenters. The van der Waals surface area contributed by atoms with Crippen LogP contribution in [0.3, 0.4) is 0 Å². The van der Waals surface area contributed by atoms with Gasteiger partial charge in [0.05, 0.1) is 29.5 Å². The van der Waals surface area contributed by atoms with Gasteiger partial charge in [0.1, 0.15) is 11.3 Å². The lowest BCUT2D eigenvalue weighted by atomic mass is 10.1. The Morgan fingerprint density at radius 2 is 2.36 bits per heavy atom. The molecule has 4 rings (SSSR count). The van der Waals surface area contributed by atoms with Gasteiger partial charge < -0.3 is 14.5 Å². The Bertz CT molecular complexity index is 780. The Balaban J connectivity index is 1.89. The van der Waals surface area contributed by atoms with Crippen molar-refractivity contribution in [3.05, 3.63) is 28.2 Å². The van der Waals surface area contributed by atoms with Crippen LogP contribution in [0.15, 0.2) is 6.07 Å². The second-order valence-electron chi connectivity index (χ2n) is 5.94. The second kappa shape index (κ2) is 5.05. The summed E-state index contributed by atoms with van der Waals surface area (Å²) in [5, 5.41) is 0.435. The molecular formula is C15H15ClN4OS. The largest absolute Gasteiger partial charge is 0.377 e. The van der Waals surface area contributed by atoms with Gasteiger partial charge in [-0.3, -0.25) is 0 Å². The highest BCUT2D eigenvalue weighted by atomic mass is 35.5. The van der Waals surface area contributed by atoms with Gasteiger partial charge in [-0.2, -0.15) is 4.37 Å². The molecule has 114 valence electrons. The number of rotatable bonds is 2. The molecule has 7 heteroatoms. The van der Waals surface area contributed by atoms with E-state index in [1.54, 1.807) is 0 Å². The summed E-state index contributed by atoms with van der Waals surface area (Å²) in [7, 11) is 0. The number of halogens is 1. The Labute approximate surface area is 137 Å². The van der Waals surface area contributed by atoms with Crippen LogP contribution in [-0.4, -0.2) is 35.2 Å². The van der Waals surface area contributed by atoms with Crippen molar-refractivity contribution in [3.63, 3.8) is 0 Å². The van der Waals surface area contributed by atoms with Gasteiger partial charge in [-0.05, 0) is 24.5 Å². The van der Waals surface area contributed by atoms with E-state index in [4.69, 9.17) is 27.9 Å². The molecular weight excluding hydrogens is 320 g/mol. The first-order valence-corrected chi connectivity index (χ1v) is 8.49. The number of pyridine rings is 1. The van der Waals surface area contributed by atoms with Crippen LogP contribution < -0.4 is 4.90 Å². The maximum atomic E-state index is 7.56. The quantitative estimate of drug-likeness (QED) is 0.789. The third kappa shape index (κ3) is 2.08. The van der Waals surface area contributed by atoms with E-state index in [2.05, 4.69) is 27.1 Å². The molecule has 2 fully saturated rings. The van der Waals surface area contributed by atoms with Gasteiger partial charge in [-0.15, -0.1) is 0 Å². The van der Waals surface area contributed by atoms with Gasteiger partial charge in [0.15, 0.2) is 5.15 Å². The fraction of sp³-hybridized carbons (Fsp3) is 0.533. The van der Waals surface area contributed by atoms with E-state index in [9.17, 15) is 0 Å². The first-order valence-electron chi connectivity index (χ1n) is 7.34. The summed E-state index contributed by atoms with van der Waals surface area (Å²) in [4.78, 5) is 10.8. The number of nitrogens with zero attached hydrogens (tertiary/aromatic N) is 4. The molecule has 1 saturated carbocycles. The molecule has 1 atom stereocenters. The molecule has 0 amide bonds. The summed E-state index contributed by atoms with van der Waals surface area (Å²) in [5.41, 5.74) is 1.39. The van der Waals surface area contributed by atoms with E-state index in [1.807, 2.05) is 0 Å². The third-order valence-electron chi connectivity index (χ3n) is 4.47. The van der Waals surface area contributed by atoms with Crippen molar-refractivity contribution in [1.82, 2.24) is 9.36 Å². The number of ether oxygens (including phenoxy) is 1. The van der Waals surface area contributed by atoms with E-state index >= 15 is 0 Å². The van der Waals surface area contributed by atoms with Crippen LogP contribution in [0.2, 0.25) is 5.15 Å². The van der Waals surface area contributed by atoms with Gasteiger partial charge in [0, 0.05) is 19.4 Å². The monoisotopic (exact) mass is 334 g/mol. The topological polar surface area (TPSA) is 42.6 Å². The van der Waals surface area contributed by atoms with Gasteiger partial charge in [0.2, 0.25) is 0 Å². The van der Waals surface area contributed by atoms with Crippen molar-refractivity contribution < 1.29 is 4.74 Å². The lowest BCUT2D eigenvalue weighted by molar-refractivity contribution is 0.0985. The number of morpholine rings is 1. The minimum Gasteiger partial charge on any atom is -0.377 e. The molecule has 5 nitrogen and oxygen atoms in total. The zero-order chi connectivity index (χ0) is 15.3. The fourth-order valence-electron chi connectivity index (χ4n) is 3.00. The van der Waals surface area contributed by atoms with Crippen LogP contribution in [-0.2, 0) is 10.3 Å². The van der Waals surface area contributed by atoms with Crippen molar-refractivity contribution in [2.24, 2.45) is 0 Å². The van der Waals surface area contributed by atoms with E-state index < -0.39 is 0 Å². The average molecular weight is 335 g/mol. The van der Waals surface area contributed by atoms with E-state index in [1.165, 1.54) is 11.5 Å². The predicted octanol–water partition coefficient (Wildman–Crippen LogP) is 3.48. The minimum atomic E-state index is -0.388. The Morgan fingerprint density at radius 3 is 3.05 bits per heavy atom. The van der Waals surface area contributed by atoms with E-state index in [-0.39, 0.29) is 11.6 Å². The average Bonchev–Trinajstić information content (AvgIpc) is 3.25. The predicted molar refractivity (Wildman–Crippen MR) is 87.6 cm³/mol. The normalized spacial score (nSPS) is 23.5. The number of anilines is 1. The van der Waals surface area contributed by atoms with Gasteiger partial charge in [-0.1, -0.05) is 11.6 Å². The lowest BCUT2D eigenvalue weighted by Crippen LogP contribution is -2.44. The number of hydrogen-bond donors (Lipinski definition) is 0. The molecule has 0 aromatic carbocycles. The van der Waals surface area contributed by atoms with Crippen molar-refractivity contribution in [2.75, 3.05) is 24.7 Å². The summed E-state index contributed by atoms with van der Waals surface area (Å²) < 4.78 is 10.7. The molecule has 3 heterocycles. The molecule has 0 radical (unpaired) electrons. The second-order valence-corrected chi connectivity index (χ2v) is 7.07. The smallest absolute Gasteiger partial charge is 0.259 e. The summed E-state index contributed by atoms with van der Waals surface area (Å²) in [5.74, 6) is 0.885. The van der Waals surface area contributed by atoms with E-state index in [0.29, 0.717) is 18.4 Å². The molecule has 0 N–H and O–H groups in total. The molecule has 1 saturated heterocycles. The maximum absolute atomic E-state index is 7.56. The summed E-state index contributed by atoms with van der Waals surface area (Å²) >= 11 is 7.57. The molecule has 2 aromatic rings. The summed E-state index contributed by atoms with van der Waals surface area (Å²) in [6.45, 7) is 11.9. The number of hydrogen-bond acceptors (Lipinski definition) is 5. The lowest BCUT2D eigenvalue weighted by Gasteiger charge is -2.34. The SMILES string of the molecule is [C-]#[N+]C1(c2cc(N3CCOC[C@H]3C)nc3c(Cl)nsc23)CC1. The van der Waals surface area contributed by atoms with Crippen LogP contribution in [0.4, 0.5) is 5.82 Å². The Hall–Kier alpha value is -1.42. The van der Waals surface area contributed by atoms with Crippen molar-refractivity contribution in [1.29, 1.82) is 0 Å². The van der Waals surface area contributed by atoms with Gasteiger partial charge in [0.25, 0.3) is 5.54 Å². The minimum absolute atomic E-state index is 0.264. The van der Waals surface area contributed by atoms with Crippen LogP contribution >= 0.6 is 23.1 Å².